The summed E-state index contributed by atoms with van der Waals surface area (Å²) in [6, 6.07) is 8.82. The van der Waals surface area contributed by atoms with Crippen molar-refractivity contribution in [2.75, 3.05) is 5.73 Å². The van der Waals surface area contributed by atoms with Gasteiger partial charge >= 0.3 is 0 Å². The highest BCUT2D eigenvalue weighted by Gasteiger charge is 2.14. The second kappa shape index (κ2) is 4.33. The van der Waals surface area contributed by atoms with Crippen molar-refractivity contribution < 1.29 is 13.6 Å². The van der Waals surface area contributed by atoms with E-state index >= 15 is 0 Å². The van der Waals surface area contributed by atoms with E-state index in [1.807, 2.05) is 0 Å². The van der Waals surface area contributed by atoms with Crippen molar-refractivity contribution in [2.24, 2.45) is 0 Å². The average Bonchev–Trinajstić information content (AvgIpc) is 2.36. The van der Waals surface area contributed by atoms with Gasteiger partial charge in [-0.3, -0.25) is 4.79 Å². The molecular formula is C13H9F2NO. The molecule has 0 aliphatic carbocycles. The summed E-state index contributed by atoms with van der Waals surface area (Å²) in [6.07, 6.45) is 0.619. The zero-order chi connectivity index (χ0) is 12.4. The SMILES string of the molecule is Nc1c(F)ccc(-c2ccccc2C=O)c1F. The molecule has 2 nitrogen and oxygen atoms in total. The van der Waals surface area contributed by atoms with Crippen molar-refractivity contribution in [2.45, 2.75) is 0 Å². The van der Waals surface area contributed by atoms with Crippen LogP contribution in [-0.2, 0) is 0 Å². The minimum atomic E-state index is -0.848. The normalized spacial score (nSPS) is 10.2. The van der Waals surface area contributed by atoms with Crippen LogP contribution < -0.4 is 5.73 Å². The standard InChI is InChI=1S/C13H9F2NO/c14-11-6-5-10(12(15)13(11)16)9-4-2-1-3-8(9)7-17/h1-7H,16H2. The summed E-state index contributed by atoms with van der Waals surface area (Å²) in [4.78, 5) is 10.8. The van der Waals surface area contributed by atoms with Gasteiger partial charge in [0.15, 0.2) is 12.1 Å². The first-order chi connectivity index (χ1) is 8.15. The molecule has 2 N–H and O–H groups in total. The first-order valence-electron chi connectivity index (χ1n) is 4.93. The molecule has 0 radical (unpaired) electrons. The van der Waals surface area contributed by atoms with Crippen molar-refractivity contribution in [3.8, 4) is 11.1 Å². The van der Waals surface area contributed by atoms with Gasteiger partial charge in [0, 0.05) is 11.1 Å². The second-order valence-electron chi connectivity index (χ2n) is 3.53. The van der Waals surface area contributed by atoms with Crippen LogP contribution in [0.4, 0.5) is 14.5 Å². The van der Waals surface area contributed by atoms with Crippen molar-refractivity contribution in [1.82, 2.24) is 0 Å². The number of rotatable bonds is 2. The molecule has 0 spiro atoms. The van der Waals surface area contributed by atoms with Crippen molar-refractivity contribution in [3.63, 3.8) is 0 Å². The Labute approximate surface area is 96.7 Å². The number of benzene rings is 2. The molecule has 0 aromatic heterocycles. The topological polar surface area (TPSA) is 43.1 Å². The van der Waals surface area contributed by atoms with Crippen LogP contribution in [0.1, 0.15) is 10.4 Å². The molecule has 0 aliphatic heterocycles. The summed E-state index contributed by atoms with van der Waals surface area (Å²) >= 11 is 0. The summed E-state index contributed by atoms with van der Waals surface area (Å²) in [7, 11) is 0. The van der Waals surface area contributed by atoms with Crippen LogP contribution in [-0.4, -0.2) is 6.29 Å². The monoisotopic (exact) mass is 233 g/mol. The quantitative estimate of drug-likeness (QED) is 0.640. The Hall–Kier alpha value is -2.23. The molecule has 0 bridgehead atoms. The molecule has 0 saturated carbocycles. The lowest BCUT2D eigenvalue weighted by Crippen LogP contribution is -1.98. The first-order valence-corrected chi connectivity index (χ1v) is 4.93. The van der Waals surface area contributed by atoms with E-state index in [1.165, 1.54) is 6.07 Å². The summed E-state index contributed by atoms with van der Waals surface area (Å²) < 4.78 is 26.8. The zero-order valence-corrected chi connectivity index (χ0v) is 8.78. The average molecular weight is 233 g/mol. The van der Waals surface area contributed by atoms with Gasteiger partial charge < -0.3 is 5.73 Å². The van der Waals surface area contributed by atoms with E-state index in [2.05, 4.69) is 0 Å². The van der Waals surface area contributed by atoms with Crippen molar-refractivity contribution >= 4 is 12.0 Å². The Morgan fingerprint density at radius 1 is 1.00 bits per heavy atom. The number of aldehydes is 1. The summed E-state index contributed by atoms with van der Waals surface area (Å²) in [6.45, 7) is 0. The van der Waals surface area contributed by atoms with Crippen LogP contribution in [0.5, 0.6) is 0 Å². The molecule has 0 saturated heterocycles. The highest BCUT2D eigenvalue weighted by Crippen LogP contribution is 2.29. The highest BCUT2D eigenvalue weighted by atomic mass is 19.1. The van der Waals surface area contributed by atoms with E-state index in [-0.39, 0.29) is 5.56 Å². The molecule has 17 heavy (non-hydrogen) atoms. The molecule has 2 rings (SSSR count). The summed E-state index contributed by atoms with van der Waals surface area (Å²) in [5.41, 5.74) is 5.58. The Bertz CT molecular complexity index is 582. The zero-order valence-electron chi connectivity index (χ0n) is 8.78. The number of halogens is 2. The number of nitrogens with two attached hydrogens (primary N) is 1. The Balaban J connectivity index is 2.69. The predicted molar refractivity (Wildman–Crippen MR) is 61.6 cm³/mol. The van der Waals surface area contributed by atoms with Gasteiger partial charge in [0.1, 0.15) is 11.5 Å². The van der Waals surface area contributed by atoms with Gasteiger partial charge in [-0.2, -0.15) is 0 Å². The molecule has 2 aromatic carbocycles. The fraction of sp³-hybridized carbons (Fsp3) is 0. The van der Waals surface area contributed by atoms with Crippen LogP contribution in [0.3, 0.4) is 0 Å². The molecule has 0 heterocycles. The predicted octanol–water partition coefficient (Wildman–Crippen LogP) is 3.03. The third kappa shape index (κ3) is 1.89. The van der Waals surface area contributed by atoms with Crippen LogP contribution in [0.2, 0.25) is 0 Å². The molecule has 0 unspecified atom stereocenters. The first kappa shape index (κ1) is 11.3. The lowest BCUT2D eigenvalue weighted by Gasteiger charge is -2.08. The lowest BCUT2D eigenvalue weighted by molar-refractivity contribution is 0.112. The molecular weight excluding hydrogens is 224 g/mol. The van der Waals surface area contributed by atoms with Gasteiger partial charge in [-0.05, 0) is 17.7 Å². The maximum absolute atomic E-state index is 13.8. The van der Waals surface area contributed by atoms with Crippen LogP contribution >= 0.6 is 0 Å². The van der Waals surface area contributed by atoms with Gasteiger partial charge in [0.25, 0.3) is 0 Å². The smallest absolute Gasteiger partial charge is 0.156 e. The number of nitrogen functional groups attached to an aromatic ring is 1. The highest BCUT2D eigenvalue weighted by molar-refractivity contribution is 5.88. The molecule has 0 aliphatic rings. The van der Waals surface area contributed by atoms with E-state index in [9.17, 15) is 13.6 Å². The van der Waals surface area contributed by atoms with Gasteiger partial charge in [-0.15, -0.1) is 0 Å². The Morgan fingerprint density at radius 3 is 2.41 bits per heavy atom. The van der Waals surface area contributed by atoms with E-state index < -0.39 is 17.3 Å². The molecule has 0 fully saturated rings. The molecule has 0 amide bonds. The van der Waals surface area contributed by atoms with Gasteiger partial charge in [-0.25, -0.2) is 8.78 Å². The van der Waals surface area contributed by atoms with E-state index in [1.54, 1.807) is 24.3 Å². The van der Waals surface area contributed by atoms with Gasteiger partial charge in [0.05, 0.1) is 0 Å². The Kier molecular flexibility index (Phi) is 2.87. The van der Waals surface area contributed by atoms with Crippen molar-refractivity contribution in [1.29, 1.82) is 0 Å². The second-order valence-corrected chi connectivity index (χ2v) is 3.53. The van der Waals surface area contributed by atoms with Crippen LogP contribution in [0.15, 0.2) is 36.4 Å². The van der Waals surface area contributed by atoms with E-state index in [4.69, 9.17) is 5.73 Å². The van der Waals surface area contributed by atoms with E-state index in [0.717, 1.165) is 6.07 Å². The lowest BCUT2D eigenvalue weighted by atomic mass is 9.99. The van der Waals surface area contributed by atoms with Gasteiger partial charge in [-0.1, -0.05) is 24.3 Å². The maximum Gasteiger partial charge on any atom is 0.156 e. The third-order valence-electron chi connectivity index (χ3n) is 2.50. The van der Waals surface area contributed by atoms with Crippen molar-refractivity contribution in [3.05, 3.63) is 53.6 Å². The van der Waals surface area contributed by atoms with Crippen LogP contribution in [0.25, 0.3) is 11.1 Å². The molecule has 0 atom stereocenters. The number of carbonyl (C=O) groups is 1. The van der Waals surface area contributed by atoms with E-state index in [0.29, 0.717) is 17.4 Å². The Morgan fingerprint density at radius 2 is 1.71 bits per heavy atom. The third-order valence-corrected chi connectivity index (χ3v) is 2.50. The molecule has 2 aromatic rings. The molecule has 4 heteroatoms. The van der Waals surface area contributed by atoms with Gasteiger partial charge in [0.2, 0.25) is 0 Å². The molecule has 86 valence electrons. The largest absolute Gasteiger partial charge is 0.394 e. The fourth-order valence-electron chi connectivity index (χ4n) is 1.62. The number of carbonyl (C=O) groups excluding carboxylic acids is 1. The minimum absolute atomic E-state index is 0.117. The summed E-state index contributed by atoms with van der Waals surface area (Å²) in [5, 5.41) is 0. The van der Waals surface area contributed by atoms with Crippen LogP contribution in [0, 0.1) is 11.6 Å². The summed E-state index contributed by atoms with van der Waals surface area (Å²) in [5.74, 6) is -1.66. The maximum atomic E-state index is 13.8. The number of anilines is 1. The number of hydrogen-bond acceptors (Lipinski definition) is 2. The minimum Gasteiger partial charge on any atom is -0.394 e. The fourth-order valence-corrected chi connectivity index (χ4v) is 1.62. The number of hydrogen-bond donors (Lipinski definition) is 1.